The summed E-state index contributed by atoms with van der Waals surface area (Å²) >= 11 is 0. The number of benzene rings is 1. The van der Waals surface area contributed by atoms with Crippen molar-refractivity contribution in [1.29, 1.82) is 0 Å². The summed E-state index contributed by atoms with van der Waals surface area (Å²) in [6.45, 7) is 8.53. The summed E-state index contributed by atoms with van der Waals surface area (Å²) in [4.78, 5) is 12.6. The maximum Gasteiger partial charge on any atom is 0.228 e. The van der Waals surface area contributed by atoms with E-state index in [0.29, 0.717) is 5.92 Å². The van der Waals surface area contributed by atoms with Gasteiger partial charge in [-0.3, -0.25) is 4.79 Å². The van der Waals surface area contributed by atoms with Crippen molar-refractivity contribution in [2.75, 3.05) is 5.32 Å². The number of rotatable bonds is 2. The molecule has 1 saturated carbocycles. The van der Waals surface area contributed by atoms with Crippen LogP contribution >= 0.6 is 0 Å². The highest BCUT2D eigenvalue weighted by Crippen LogP contribution is 2.44. The van der Waals surface area contributed by atoms with Gasteiger partial charge in [-0.15, -0.1) is 0 Å². The van der Waals surface area contributed by atoms with Gasteiger partial charge in [0.25, 0.3) is 0 Å². The third kappa shape index (κ3) is 2.88. The van der Waals surface area contributed by atoms with Gasteiger partial charge >= 0.3 is 0 Å². The van der Waals surface area contributed by atoms with Crippen LogP contribution in [0.2, 0.25) is 0 Å². The molecule has 3 unspecified atom stereocenters. The predicted octanol–water partition coefficient (Wildman–Crippen LogP) is 3.33. The molecule has 1 aliphatic carbocycles. The fraction of sp³-hybridized carbons (Fsp3) is 0.588. The molecule has 3 heteroatoms. The zero-order valence-corrected chi connectivity index (χ0v) is 12.9. The van der Waals surface area contributed by atoms with E-state index in [4.69, 9.17) is 5.73 Å². The lowest BCUT2D eigenvalue weighted by atomic mass is 9.61. The zero-order valence-electron chi connectivity index (χ0n) is 12.9. The van der Waals surface area contributed by atoms with E-state index < -0.39 is 0 Å². The molecule has 1 amide bonds. The second kappa shape index (κ2) is 5.57. The minimum Gasteiger partial charge on any atom is -0.327 e. The van der Waals surface area contributed by atoms with Gasteiger partial charge in [-0.1, -0.05) is 38.5 Å². The molecule has 1 aliphatic rings. The van der Waals surface area contributed by atoms with Crippen LogP contribution in [0.1, 0.15) is 39.2 Å². The average molecular weight is 274 g/mol. The van der Waals surface area contributed by atoms with Crippen LogP contribution in [0, 0.1) is 24.2 Å². The average Bonchev–Trinajstić information content (AvgIpc) is 2.38. The fourth-order valence-corrected chi connectivity index (χ4v) is 3.19. The van der Waals surface area contributed by atoms with Gasteiger partial charge < -0.3 is 11.1 Å². The van der Waals surface area contributed by atoms with Crippen LogP contribution in [0.15, 0.2) is 24.3 Å². The summed E-state index contributed by atoms with van der Waals surface area (Å²) in [6.07, 6.45) is 1.80. The molecule has 0 saturated heterocycles. The van der Waals surface area contributed by atoms with E-state index >= 15 is 0 Å². The van der Waals surface area contributed by atoms with Crippen LogP contribution in [-0.4, -0.2) is 11.9 Å². The minimum absolute atomic E-state index is 0.0265. The van der Waals surface area contributed by atoms with Crippen molar-refractivity contribution in [3.8, 4) is 0 Å². The molecule has 0 heterocycles. The molecule has 20 heavy (non-hydrogen) atoms. The SMILES string of the molecule is Cc1ccc(NC(=O)C2CCC(N)C(C)C2(C)C)cc1. The molecule has 3 nitrogen and oxygen atoms in total. The quantitative estimate of drug-likeness (QED) is 0.869. The van der Waals surface area contributed by atoms with Crippen molar-refractivity contribution in [2.45, 2.75) is 46.6 Å². The molecule has 1 aromatic rings. The van der Waals surface area contributed by atoms with Crippen molar-refractivity contribution in [2.24, 2.45) is 23.0 Å². The van der Waals surface area contributed by atoms with Crippen LogP contribution in [-0.2, 0) is 4.79 Å². The Kier molecular flexibility index (Phi) is 4.19. The number of nitrogens with one attached hydrogen (secondary N) is 1. The molecule has 3 atom stereocenters. The zero-order chi connectivity index (χ0) is 14.9. The van der Waals surface area contributed by atoms with Gasteiger partial charge in [0, 0.05) is 17.6 Å². The minimum atomic E-state index is -0.0630. The number of hydrogen-bond donors (Lipinski definition) is 2. The summed E-state index contributed by atoms with van der Waals surface area (Å²) in [7, 11) is 0. The summed E-state index contributed by atoms with van der Waals surface area (Å²) < 4.78 is 0. The first-order chi connectivity index (χ1) is 9.32. The summed E-state index contributed by atoms with van der Waals surface area (Å²) in [5.41, 5.74) is 8.16. The molecule has 2 rings (SSSR count). The van der Waals surface area contributed by atoms with Gasteiger partial charge in [-0.05, 0) is 43.2 Å². The van der Waals surface area contributed by atoms with Gasteiger partial charge in [0.05, 0.1) is 0 Å². The highest BCUT2D eigenvalue weighted by atomic mass is 16.1. The van der Waals surface area contributed by atoms with E-state index in [2.05, 4.69) is 26.1 Å². The summed E-state index contributed by atoms with van der Waals surface area (Å²) in [5, 5.41) is 3.05. The summed E-state index contributed by atoms with van der Waals surface area (Å²) in [5.74, 6) is 0.501. The second-order valence-electron chi connectivity index (χ2n) is 6.76. The Morgan fingerprint density at radius 3 is 2.45 bits per heavy atom. The Hall–Kier alpha value is -1.35. The van der Waals surface area contributed by atoms with Gasteiger partial charge in [0.1, 0.15) is 0 Å². The normalized spacial score (nSPS) is 28.9. The van der Waals surface area contributed by atoms with E-state index in [-0.39, 0.29) is 23.3 Å². The Balaban J connectivity index is 2.10. The third-order valence-electron chi connectivity index (χ3n) is 5.14. The maximum absolute atomic E-state index is 12.6. The molecule has 0 radical (unpaired) electrons. The standard InChI is InChI=1S/C17H26N2O/c1-11-5-7-13(8-6-11)19-16(20)14-9-10-15(18)12(2)17(14,3)4/h5-8,12,14-15H,9-10,18H2,1-4H3,(H,19,20). The van der Waals surface area contributed by atoms with Gasteiger partial charge in [0.15, 0.2) is 0 Å². The Bertz CT molecular complexity index is 478. The van der Waals surface area contributed by atoms with E-state index in [0.717, 1.165) is 18.5 Å². The smallest absolute Gasteiger partial charge is 0.228 e. The molecule has 0 bridgehead atoms. The van der Waals surface area contributed by atoms with Crippen molar-refractivity contribution < 1.29 is 4.79 Å². The number of amides is 1. The topological polar surface area (TPSA) is 55.1 Å². The maximum atomic E-state index is 12.6. The van der Waals surface area contributed by atoms with Gasteiger partial charge in [0.2, 0.25) is 5.91 Å². The van der Waals surface area contributed by atoms with Crippen LogP contribution < -0.4 is 11.1 Å². The van der Waals surface area contributed by atoms with E-state index in [1.165, 1.54) is 5.56 Å². The molecular formula is C17H26N2O. The van der Waals surface area contributed by atoms with Gasteiger partial charge in [-0.2, -0.15) is 0 Å². The Labute approximate surface area is 121 Å². The Morgan fingerprint density at radius 2 is 1.85 bits per heavy atom. The van der Waals surface area contributed by atoms with E-state index in [9.17, 15) is 4.79 Å². The third-order valence-corrected chi connectivity index (χ3v) is 5.14. The number of carbonyl (C=O) groups is 1. The summed E-state index contributed by atoms with van der Waals surface area (Å²) in [6, 6.07) is 8.14. The van der Waals surface area contributed by atoms with Crippen molar-refractivity contribution >= 4 is 11.6 Å². The van der Waals surface area contributed by atoms with Crippen molar-refractivity contribution in [1.82, 2.24) is 0 Å². The second-order valence-corrected chi connectivity index (χ2v) is 6.76. The molecular weight excluding hydrogens is 248 g/mol. The first kappa shape index (κ1) is 15.0. The van der Waals surface area contributed by atoms with Crippen molar-refractivity contribution in [3.63, 3.8) is 0 Å². The van der Waals surface area contributed by atoms with Gasteiger partial charge in [-0.25, -0.2) is 0 Å². The lowest BCUT2D eigenvalue weighted by Crippen LogP contribution is -2.50. The van der Waals surface area contributed by atoms with Crippen LogP contribution in [0.5, 0.6) is 0 Å². The first-order valence-electron chi connectivity index (χ1n) is 7.45. The van der Waals surface area contributed by atoms with Crippen molar-refractivity contribution in [3.05, 3.63) is 29.8 Å². The van der Waals surface area contributed by atoms with Crippen LogP contribution in [0.25, 0.3) is 0 Å². The lowest BCUT2D eigenvalue weighted by Gasteiger charge is -2.46. The monoisotopic (exact) mass is 274 g/mol. The number of carbonyl (C=O) groups excluding carboxylic acids is 1. The number of anilines is 1. The Morgan fingerprint density at radius 1 is 1.25 bits per heavy atom. The van der Waals surface area contributed by atoms with E-state index in [1.807, 2.05) is 31.2 Å². The largest absolute Gasteiger partial charge is 0.327 e. The molecule has 1 aromatic carbocycles. The fourth-order valence-electron chi connectivity index (χ4n) is 3.19. The number of hydrogen-bond acceptors (Lipinski definition) is 2. The van der Waals surface area contributed by atoms with E-state index in [1.54, 1.807) is 0 Å². The molecule has 3 N–H and O–H groups in total. The molecule has 110 valence electrons. The number of nitrogens with two attached hydrogens (primary N) is 1. The predicted molar refractivity (Wildman–Crippen MR) is 83.5 cm³/mol. The highest BCUT2D eigenvalue weighted by molar-refractivity contribution is 5.93. The molecule has 0 aromatic heterocycles. The molecule has 0 aliphatic heterocycles. The molecule has 0 spiro atoms. The van der Waals surface area contributed by atoms with Crippen LogP contribution in [0.3, 0.4) is 0 Å². The lowest BCUT2D eigenvalue weighted by molar-refractivity contribution is -0.127. The first-order valence-corrected chi connectivity index (χ1v) is 7.45. The number of aryl methyl sites for hydroxylation is 1. The highest BCUT2D eigenvalue weighted by Gasteiger charge is 2.44. The van der Waals surface area contributed by atoms with Crippen LogP contribution in [0.4, 0.5) is 5.69 Å². The molecule has 1 fully saturated rings.